The first-order valence-electron chi connectivity index (χ1n) is 11.5. The summed E-state index contributed by atoms with van der Waals surface area (Å²) in [6, 6.07) is 4.74. The Bertz CT molecular complexity index is 771. The Hall–Kier alpha value is -1.59. The van der Waals surface area contributed by atoms with Gasteiger partial charge in [-0.15, -0.1) is 0 Å². The van der Waals surface area contributed by atoms with Crippen molar-refractivity contribution in [3.05, 3.63) is 29.8 Å². The van der Waals surface area contributed by atoms with Crippen LogP contribution in [0.25, 0.3) is 0 Å². The van der Waals surface area contributed by atoms with Gasteiger partial charge in [-0.2, -0.15) is 30.7 Å². The van der Waals surface area contributed by atoms with Crippen molar-refractivity contribution in [1.82, 2.24) is 4.90 Å². The summed E-state index contributed by atoms with van der Waals surface area (Å²) in [5.41, 5.74) is 0.0241. The zero-order valence-corrected chi connectivity index (χ0v) is 18.6. The molecule has 0 amide bonds. The van der Waals surface area contributed by atoms with Crippen LogP contribution < -0.4 is 4.74 Å². The van der Waals surface area contributed by atoms with Crippen molar-refractivity contribution in [2.24, 2.45) is 0 Å². The topological polar surface area (TPSA) is 41.9 Å². The molecule has 1 aromatic carbocycles. The molecule has 11 heteroatoms. The second kappa shape index (κ2) is 11.4. The lowest BCUT2D eigenvalue weighted by atomic mass is 9.90. The van der Waals surface area contributed by atoms with Gasteiger partial charge in [-0.3, -0.25) is 4.90 Å². The number of alkyl halides is 7. The van der Waals surface area contributed by atoms with Crippen LogP contribution >= 0.6 is 0 Å². The number of aliphatic hydroxyl groups is 1. The van der Waals surface area contributed by atoms with E-state index in [-0.39, 0.29) is 24.3 Å². The number of aliphatic hydroxyl groups excluding tert-OH is 1. The molecule has 0 saturated heterocycles. The van der Waals surface area contributed by atoms with Gasteiger partial charge in [-0.1, -0.05) is 31.0 Å². The number of nitrogens with zero attached hydrogens (tertiary/aromatic N) is 1. The maximum atomic E-state index is 13.5. The Labute approximate surface area is 194 Å². The van der Waals surface area contributed by atoms with Gasteiger partial charge in [0.2, 0.25) is 0 Å². The van der Waals surface area contributed by atoms with Gasteiger partial charge >= 0.3 is 18.7 Å². The predicted octanol–water partition coefficient (Wildman–Crippen LogP) is 5.92. The van der Waals surface area contributed by atoms with E-state index < -0.39 is 43.2 Å². The van der Waals surface area contributed by atoms with E-state index in [1.165, 1.54) is 23.1 Å². The average molecular weight is 501 g/mol. The van der Waals surface area contributed by atoms with Gasteiger partial charge < -0.3 is 14.6 Å². The Kier molecular flexibility index (Phi) is 9.08. The van der Waals surface area contributed by atoms with Crippen molar-refractivity contribution in [3.63, 3.8) is 0 Å². The van der Waals surface area contributed by atoms with Gasteiger partial charge in [-0.25, -0.2) is 0 Å². The summed E-state index contributed by atoms with van der Waals surface area (Å²) in [6.07, 6.45) is -9.91. The van der Waals surface area contributed by atoms with Crippen LogP contribution in [0.2, 0.25) is 0 Å². The Balaban J connectivity index is 1.78. The number of benzene rings is 1. The lowest BCUT2D eigenvalue weighted by Crippen LogP contribution is -2.47. The summed E-state index contributed by atoms with van der Waals surface area (Å²) in [7, 11) is 0. The maximum absolute atomic E-state index is 13.5. The van der Waals surface area contributed by atoms with E-state index in [1.807, 2.05) is 0 Å². The Morgan fingerprint density at radius 2 is 1.59 bits per heavy atom. The lowest BCUT2D eigenvalue weighted by molar-refractivity contribution is -0.253. The summed E-state index contributed by atoms with van der Waals surface area (Å²) in [5.74, 6) is -0.547. The third kappa shape index (κ3) is 7.45. The van der Waals surface area contributed by atoms with Crippen LogP contribution in [0.1, 0.15) is 56.9 Å². The fraction of sp³-hybridized carbons (Fsp3) is 0.739. The third-order valence-electron chi connectivity index (χ3n) is 6.43. The van der Waals surface area contributed by atoms with Crippen molar-refractivity contribution >= 4 is 0 Å². The molecule has 194 valence electrons. The highest BCUT2D eigenvalue weighted by Gasteiger charge is 2.45. The van der Waals surface area contributed by atoms with E-state index in [0.717, 1.165) is 38.2 Å². The largest absolute Gasteiger partial charge is 0.461 e. The number of para-hydroxylation sites is 1. The normalized spacial score (nSPS) is 23.6. The highest BCUT2D eigenvalue weighted by atomic mass is 19.4. The smallest absolute Gasteiger partial charge is 0.428 e. The zero-order valence-electron chi connectivity index (χ0n) is 18.6. The molecule has 34 heavy (non-hydrogen) atoms. The molecule has 3 unspecified atom stereocenters. The number of halogens is 7. The summed E-state index contributed by atoms with van der Waals surface area (Å²) in [5, 5.41) is 9.74. The molecule has 0 aromatic heterocycles. The molecule has 1 N–H and O–H groups in total. The molecule has 0 heterocycles. The van der Waals surface area contributed by atoms with E-state index in [0.29, 0.717) is 19.3 Å². The fourth-order valence-electron chi connectivity index (χ4n) is 4.68. The molecule has 0 spiro atoms. The highest BCUT2D eigenvalue weighted by molar-refractivity contribution is 5.33. The van der Waals surface area contributed by atoms with Crippen molar-refractivity contribution in [3.8, 4) is 5.75 Å². The first kappa shape index (κ1) is 27.0. The summed E-state index contributed by atoms with van der Waals surface area (Å²) >= 11 is 0. The number of hydrogen-bond donors (Lipinski definition) is 1. The molecule has 4 nitrogen and oxygen atoms in total. The van der Waals surface area contributed by atoms with Crippen LogP contribution in [0.5, 0.6) is 5.75 Å². The molecule has 2 aliphatic carbocycles. The van der Waals surface area contributed by atoms with E-state index in [2.05, 4.69) is 4.74 Å². The monoisotopic (exact) mass is 501 g/mol. The molecule has 0 bridgehead atoms. The molecule has 0 aliphatic heterocycles. The maximum Gasteiger partial charge on any atom is 0.461 e. The van der Waals surface area contributed by atoms with Gasteiger partial charge in [0.25, 0.3) is 0 Å². The van der Waals surface area contributed by atoms with E-state index in [4.69, 9.17) is 4.74 Å². The van der Waals surface area contributed by atoms with E-state index >= 15 is 0 Å². The van der Waals surface area contributed by atoms with Crippen molar-refractivity contribution in [1.29, 1.82) is 0 Å². The molecule has 0 radical (unpaired) electrons. The van der Waals surface area contributed by atoms with Crippen LogP contribution in [0.15, 0.2) is 24.3 Å². The van der Waals surface area contributed by atoms with Crippen LogP contribution in [0.4, 0.5) is 30.7 Å². The molecular formula is C23H30F7NO3. The summed E-state index contributed by atoms with van der Waals surface area (Å²) in [6.45, 7) is -1.08. The molecular weight excluding hydrogens is 471 g/mol. The van der Waals surface area contributed by atoms with Gasteiger partial charge in [0.1, 0.15) is 5.75 Å². The van der Waals surface area contributed by atoms with Gasteiger partial charge in [0, 0.05) is 24.7 Å². The minimum Gasteiger partial charge on any atom is -0.428 e. The zero-order chi connectivity index (χ0) is 24.9. The van der Waals surface area contributed by atoms with Gasteiger partial charge in [-0.05, 0) is 44.6 Å². The fourth-order valence-corrected chi connectivity index (χ4v) is 4.68. The Morgan fingerprint density at radius 1 is 0.941 bits per heavy atom. The number of hydrogen-bond acceptors (Lipinski definition) is 4. The third-order valence-corrected chi connectivity index (χ3v) is 6.43. The van der Waals surface area contributed by atoms with Crippen LogP contribution in [0, 0.1) is 0 Å². The molecule has 1 aromatic rings. The predicted molar refractivity (Wildman–Crippen MR) is 110 cm³/mol. The second-order valence-electron chi connectivity index (χ2n) is 9.04. The number of ether oxygens (including phenoxy) is 2. The first-order valence-corrected chi connectivity index (χ1v) is 11.5. The molecule has 3 rings (SSSR count). The quantitative estimate of drug-likeness (QED) is 0.405. The lowest BCUT2D eigenvalue weighted by Gasteiger charge is -2.39. The van der Waals surface area contributed by atoms with Crippen molar-refractivity contribution in [2.75, 3.05) is 6.54 Å². The summed E-state index contributed by atoms with van der Waals surface area (Å²) in [4.78, 5) is 1.37. The highest BCUT2D eigenvalue weighted by Crippen LogP contribution is 2.34. The average Bonchev–Trinajstić information content (AvgIpc) is 3.26. The van der Waals surface area contributed by atoms with Gasteiger partial charge in [0.15, 0.2) is 6.10 Å². The summed E-state index contributed by atoms with van der Waals surface area (Å²) < 4.78 is 102. The Morgan fingerprint density at radius 3 is 2.24 bits per heavy atom. The second-order valence-corrected chi connectivity index (χ2v) is 9.04. The molecule has 3 atom stereocenters. The molecule has 2 saturated carbocycles. The number of rotatable bonds is 10. The van der Waals surface area contributed by atoms with Crippen molar-refractivity contribution in [2.45, 2.75) is 101 Å². The molecule has 2 fully saturated rings. The van der Waals surface area contributed by atoms with Crippen LogP contribution in [0.3, 0.4) is 0 Å². The standard InChI is InChI=1S/C23H30F7NO3/c24-21(25)23(29,30)34-19-11-4-1-6-15(19)13-31(14-20(32)22(26,27)28)16-7-5-10-18(12-16)33-17-8-2-3-9-17/h1,4,6,11,16-18,20-21,32H,2-3,5,7-10,12-14H2. The van der Waals surface area contributed by atoms with E-state index in [9.17, 15) is 35.8 Å². The van der Waals surface area contributed by atoms with Crippen LogP contribution in [-0.4, -0.2) is 59.6 Å². The minimum absolute atomic E-state index is 0.0241. The van der Waals surface area contributed by atoms with Crippen molar-refractivity contribution < 1.29 is 45.3 Å². The SMILES string of the molecule is OC(CN(Cc1ccccc1OC(F)(F)C(F)F)C1CCCC(OC2CCCC2)C1)C(F)(F)F. The van der Waals surface area contributed by atoms with Crippen LogP contribution in [-0.2, 0) is 11.3 Å². The van der Waals surface area contributed by atoms with Gasteiger partial charge in [0.05, 0.1) is 12.2 Å². The minimum atomic E-state index is -4.87. The molecule has 2 aliphatic rings. The first-order chi connectivity index (χ1) is 16.0. The van der Waals surface area contributed by atoms with E-state index in [1.54, 1.807) is 0 Å².